The minimum absolute atomic E-state index is 0.0628. The van der Waals surface area contributed by atoms with Crippen LogP contribution in [0.2, 0.25) is 0 Å². The summed E-state index contributed by atoms with van der Waals surface area (Å²) in [6.07, 6.45) is 0.702. The molecule has 1 aromatic carbocycles. The van der Waals surface area contributed by atoms with E-state index in [-0.39, 0.29) is 11.9 Å². The molecule has 2 rings (SSSR count). The first-order chi connectivity index (χ1) is 12.9. The van der Waals surface area contributed by atoms with E-state index in [9.17, 15) is 19.2 Å². The van der Waals surface area contributed by atoms with Gasteiger partial charge in [-0.3, -0.25) is 14.9 Å². The summed E-state index contributed by atoms with van der Waals surface area (Å²) in [5.74, 6) is -2.43. The third kappa shape index (κ3) is 6.10. The highest BCUT2D eigenvalue weighted by Crippen LogP contribution is 2.13. The number of aromatic nitrogens is 2. The molecule has 0 bridgehead atoms. The Labute approximate surface area is 154 Å². The van der Waals surface area contributed by atoms with Crippen LogP contribution in [-0.4, -0.2) is 40.3 Å². The van der Waals surface area contributed by atoms with E-state index < -0.39 is 36.8 Å². The van der Waals surface area contributed by atoms with Crippen LogP contribution in [0.1, 0.15) is 20.3 Å². The minimum atomic E-state index is -0.873. The van der Waals surface area contributed by atoms with Gasteiger partial charge in [0.1, 0.15) is 6.54 Å². The molecule has 0 fully saturated rings. The molecule has 1 aromatic heterocycles. The summed E-state index contributed by atoms with van der Waals surface area (Å²) in [5.41, 5.74) is 0.577. The number of rotatable bonds is 7. The average molecular weight is 376 g/mol. The fourth-order valence-corrected chi connectivity index (χ4v) is 1.94. The number of imide groups is 1. The second-order valence-electron chi connectivity index (χ2n) is 5.69. The molecule has 0 aliphatic rings. The summed E-state index contributed by atoms with van der Waals surface area (Å²) in [6, 6.07) is 7.91. The number of urea groups is 1. The number of benzene rings is 1. The molecule has 10 nitrogen and oxygen atoms in total. The Bertz CT molecular complexity index is 858. The van der Waals surface area contributed by atoms with Crippen LogP contribution in [0.15, 0.2) is 39.5 Å². The summed E-state index contributed by atoms with van der Waals surface area (Å²) >= 11 is 0. The van der Waals surface area contributed by atoms with Crippen molar-refractivity contribution in [2.45, 2.75) is 32.9 Å². The van der Waals surface area contributed by atoms with E-state index in [1.807, 2.05) is 12.2 Å². The van der Waals surface area contributed by atoms with Crippen LogP contribution < -0.4 is 16.4 Å². The normalized spacial score (nSPS) is 11.5. The van der Waals surface area contributed by atoms with Gasteiger partial charge in [-0.2, -0.15) is 4.68 Å². The maximum absolute atomic E-state index is 11.8. The van der Waals surface area contributed by atoms with Crippen LogP contribution in [0.25, 0.3) is 11.5 Å². The first kappa shape index (κ1) is 19.9. The standard InChI is InChI=1S/C17H20N4O6/c1-3-11(2)18-16(24)19-13(22)10-26-14(23)9-21-17(25)27-15(20-21)12-7-5-4-6-8-12/h4-8,11H,3,9-10H2,1-2H3,(H2,18,19,22,24)/t11-/m1/s1. The van der Waals surface area contributed by atoms with Gasteiger partial charge < -0.3 is 14.5 Å². The van der Waals surface area contributed by atoms with Crippen molar-refractivity contribution in [3.8, 4) is 11.5 Å². The van der Waals surface area contributed by atoms with Crippen molar-refractivity contribution in [1.29, 1.82) is 0 Å². The number of nitrogens with one attached hydrogen (secondary N) is 2. The molecule has 1 heterocycles. The first-order valence-electron chi connectivity index (χ1n) is 8.28. The summed E-state index contributed by atoms with van der Waals surface area (Å²) in [4.78, 5) is 46.6. The quantitative estimate of drug-likeness (QED) is 0.679. The molecule has 2 N–H and O–H groups in total. The van der Waals surface area contributed by atoms with Crippen LogP contribution >= 0.6 is 0 Å². The van der Waals surface area contributed by atoms with Gasteiger partial charge in [-0.05, 0) is 25.5 Å². The van der Waals surface area contributed by atoms with Gasteiger partial charge in [0.05, 0.1) is 0 Å². The lowest BCUT2D eigenvalue weighted by Gasteiger charge is -2.11. The second kappa shape index (κ2) is 9.32. The monoisotopic (exact) mass is 376 g/mol. The molecule has 1 atom stereocenters. The number of nitrogens with zero attached hydrogens (tertiary/aromatic N) is 2. The number of hydrogen-bond acceptors (Lipinski definition) is 7. The molecule has 3 amide bonds. The fourth-order valence-electron chi connectivity index (χ4n) is 1.94. The molecule has 0 unspecified atom stereocenters. The third-order valence-electron chi connectivity index (χ3n) is 3.51. The molecule has 10 heteroatoms. The Kier molecular flexibility index (Phi) is 6.86. The van der Waals surface area contributed by atoms with Crippen LogP contribution in [0, 0.1) is 0 Å². The Morgan fingerprint density at radius 3 is 2.63 bits per heavy atom. The van der Waals surface area contributed by atoms with Gasteiger partial charge in [-0.15, -0.1) is 5.10 Å². The molecule has 0 saturated heterocycles. The summed E-state index contributed by atoms with van der Waals surface area (Å²) in [6.45, 7) is 2.47. The number of carbonyl (C=O) groups is 3. The van der Waals surface area contributed by atoms with E-state index >= 15 is 0 Å². The predicted molar refractivity (Wildman–Crippen MR) is 93.6 cm³/mol. The number of ether oxygens (including phenoxy) is 1. The van der Waals surface area contributed by atoms with Crippen molar-refractivity contribution in [3.05, 3.63) is 40.9 Å². The zero-order valence-corrected chi connectivity index (χ0v) is 14.9. The van der Waals surface area contributed by atoms with E-state index in [1.54, 1.807) is 37.3 Å². The van der Waals surface area contributed by atoms with Crippen LogP contribution in [0.3, 0.4) is 0 Å². The SMILES string of the molecule is CC[C@@H](C)NC(=O)NC(=O)COC(=O)Cn1nc(-c2ccccc2)oc1=O. The van der Waals surface area contributed by atoms with Crippen molar-refractivity contribution in [2.75, 3.05) is 6.61 Å². The molecule has 0 aliphatic carbocycles. The van der Waals surface area contributed by atoms with E-state index in [0.717, 1.165) is 4.68 Å². The number of esters is 1. The Hall–Kier alpha value is -3.43. The molecular formula is C17H20N4O6. The van der Waals surface area contributed by atoms with Gasteiger partial charge >= 0.3 is 17.8 Å². The molecular weight excluding hydrogens is 356 g/mol. The van der Waals surface area contributed by atoms with Gasteiger partial charge in [0.15, 0.2) is 6.61 Å². The first-order valence-corrected chi connectivity index (χ1v) is 8.28. The minimum Gasteiger partial charge on any atom is -0.454 e. The highest BCUT2D eigenvalue weighted by atomic mass is 16.5. The Morgan fingerprint density at radius 1 is 1.26 bits per heavy atom. The van der Waals surface area contributed by atoms with Gasteiger partial charge in [0.2, 0.25) is 5.89 Å². The van der Waals surface area contributed by atoms with Crippen molar-refractivity contribution < 1.29 is 23.5 Å². The Balaban J connectivity index is 1.84. The lowest BCUT2D eigenvalue weighted by atomic mass is 10.2. The second-order valence-corrected chi connectivity index (χ2v) is 5.69. The average Bonchev–Trinajstić information content (AvgIpc) is 3.01. The summed E-state index contributed by atoms with van der Waals surface area (Å²) in [7, 11) is 0. The number of amides is 3. The fraction of sp³-hybridized carbons (Fsp3) is 0.353. The Morgan fingerprint density at radius 2 is 1.96 bits per heavy atom. The lowest BCUT2D eigenvalue weighted by Crippen LogP contribution is -2.44. The molecule has 144 valence electrons. The van der Waals surface area contributed by atoms with Crippen molar-refractivity contribution in [2.24, 2.45) is 0 Å². The van der Waals surface area contributed by atoms with Crippen LogP contribution in [0.5, 0.6) is 0 Å². The van der Waals surface area contributed by atoms with E-state index in [2.05, 4.69) is 10.4 Å². The zero-order valence-electron chi connectivity index (χ0n) is 14.9. The van der Waals surface area contributed by atoms with E-state index in [0.29, 0.717) is 12.0 Å². The van der Waals surface area contributed by atoms with E-state index in [4.69, 9.17) is 9.15 Å². The maximum Gasteiger partial charge on any atom is 0.437 e. The van der Waals surface area contributed by atoms with Gasteiger partial charge in [0.25, 0.3) is 5.91 Å². The van der Waals surface area contributed by atoms with E-state index in [1.165, 1.54) is 0 Å². The molecule has 0 spiro atoms. The van der Waals surface area contributed by atoms with Crippen LogP contribution in [0.4, 0.5) is 4.79 Å². The smallest absolute Gasteiger partial charge is 0.437 e. The molecule has 27 heavy (non-hydrogen) atoms. The van der Waals surface area contributed by atoms with Crippen LogP contribution in [-0.2, 0) is 20.9 Å². The predicted octanol–water partition coefficient (Wildman–Crippen LogP) is 0.671. The zero-order chi connectivity index (χ0) is 19.8. The molecule has 0 aliphatic heterocycles. The van der Waals surface area contributed by atoms with Crippen molar-refractivity contribution in [3.63, 3.8) is 0 Å². The topological polar surface area (TPSA) is 133 Å². The third-order valence-corrected chi connectivity index (χ3v) is 3.51. The largest absolute Gasteiger partial charge is 0.454 e. The number of carbonyl (C=O) groups excluding carboxylic acids is 3. The van der Waals surface area contributed by atoms with Gasteiger partial charge in [-0.1, -0.05) is 25.1 Å². The van der Waals surface area contributed by atoms with Crippen molar-refractivity contribution in [1.82, 2.24) is 20.4 Å². The summed E-state index contributed by atoms with van der Waals surface area (Å²) in [5, 5.41) is 8.48. The summed E-state index contributed by atoms with van der Waals surface area (Å²) < 4.78 is 10.5. The lowest BCUT2D eigenvalue weighted by molar-refractivity contribution is -0.149. The number of hydrogen-bond donors (Lipinski definition) is 2. The van der Waals surface area contributed by atoms with Gasteiger partial charge in [0, 0.05) is 11.6 Å². The van der Waals surface area contributed by atoms with Gasteiger partial charge in [-0.25, -0.2) is 9.59 Å². The maximum atomic E-state index is 11.8. The molecule has 0 radical (unpaired) electrons. The highest BCUT2D eigenvalue weighted by molar-refractivity contribution is 5.95. The highest BCUT2D eigenvalue weighted by Gasteiger charge is 2.16. The molecule has 2 aromatic rings. The molecule has 0 saturated carbocycles. The van der Waals surface area contributed by atoms with Crippen molar-refractivity contribution >= 4 is 17.9 Å².